The molecule has 1 unspecified atom stereocenters. The Morgan fingerprint density at radius 2 is 2.20 bits per heavy atom. The Kier molecular flexibility index (Phi) is 3.44. The first-order chi connectivity index (χ1) is 9.65. The molecule has 0 aliphatic carbocycles. The SMILES string of the molecule is O=C(O)CC1CCCN1C(=O)c1ccc2sccc2c1. The molecule has 1 aromatic heterocycles. The molecule has 1 aliphatic rings. The number of carboxylic acid groups (broad SMARTS) is 1. The Morgan fingerprint density at radius 3 is 3.00 bits per heavy atom. The van der Waals surface area contributed by atoms with Gasteiger partial charge in [0.1, 0.15) is 0 Å². The van der Waals surface area contributed by atoms with Gasteiger partial charge in [0.2, 0.25) is 0 Å². The van der Waals surface area contributed by atoms with Crippen molar-refractivity contribution >= 4 is 33.3 Å². The van der Waals surface area contributed by atoms with Crippen LogP contribution in [0.25, 0.3) is 10.1 Å². The molecule has 2 aromatic rings. The zero-order chi connectivity index (χ0) is 14.1. The molecule has 1 saturated heterocycles. The number of likely N-dealkylation sites (tertiary alicyclic amines) is 1. The molecule has 1 aliphatic heterocycles. The molecule has 1 atom stereocenters. The molecule has 104 valence electrons. The van der Waals surface area contributed by atoms with Crippen LogP contribution in [0.15, 0.2) is 29.6 Å². The highest BCUT2D eigenvalue weighted by Crippen LogP contribution is 2.26. The van der Waals surface area contributed by atoms with Gasteiger partial charge in [-0.05, 0) is 47.9 Å². The molecule has 1 fully saturated rings. The summed E-state index contributed by atoms with van der Waals surface area (Å²) in [5.74, 6) is -0.898. The molecule has 1 N–H and O–H groups in total. The van der Waals surface area contributed by atoms with Crippen LogP contribution in [-0.2, 0) is 4.79 Å². The molecule has 5 heteroatoms. The molecular weight excluding hydrogens is 274 g/mol. The van der Waals surface area contributed by atoms with Gasteiger partial charge in [-0.3, -0.25) is 9.59 Å². The second kappa shape index (κ2) is 5.25. The monoisotopic (exact) mass is 289 g/mol. The summed E-state index contributed by atoms with van der Waals surface area (Å²) >= 11 is 1.65. The number of carbonyl (C=O) groups excluding carboxylic acids is 1. The maximum atomic E-state index is 12.5. The average Bonchev–Trinajstić information content (AvgIpc) is 3.04. The average molecular weight is 289 g/mol. The smallest absolute Gasteiger partial charge is 0.305 e. The Morgan fingerprint density at radius 1 is 1.35 bits per heavy atom. The molecule has 1 amide bonds. The summed E-state index contributed by atoms with van der Waals surface area (Å²) < 4.78 is 1.16. The number of amides is 1. The van der Waals surface area contributed by atoms with Crippen molar-refractivity contribution in [1.29, 1.82) is 0 Å². The van der Waals surface area contributed by atoms with E-state index in [-0.39, 0.29) is 18.4 Å². The summed E-state index contributed by atoms with van der Waals surface area (Å²) in [4.78, 5) is 25.1. The first-order valence-electron chi connectivity index (χ1n) is 6.65. The van der Waals surface area contributed by atoms with E-state index in [1.165, 1.54) is 0 Å². The van der Waals surface area contributed by atoms with Crippen LogP contribution in [0.5, 0.6) is 0 Å². The fourth-order valence-corrected chi connectivity index (χ4v) is 3.55. The molecule has 3 rings (SSSR count). The molecule has 0 spiro atoms. The third-order valence-electron chi connectivity index (χ3n) is 3.75. The molecule has 0 bridgehead atoms. The molecule has 0 saturated carbocycles. The van der Waals surface area contributed by atoms with Crippen molar-refractivity contribution < 1.29 is 14.7 Å². The van der Waals surface area contributed by atoms with Gasteiger partial charge >= 0.3 is 5.97 Å². The molecule has 20 heavy (non-hydrogen) atoms. The summed E-state index contributed by atoms with van der Waals surface area (Å²) in [6, 6.07) is 7.50. The zero-order valence-electron chi connectivity index (χ0n) is 10.9. The number of carbonyl (C=O) groups is 2. The topological polar surface area (TPSA) is 57.6 Å². The lowest BCUT2D eigenvalue weighted by atomic mass is 10.1. The molecule has 1 aromatic carbocycles. The van der Waals surface area contributed by atoms with E-state index in [0.29, 0.717) is 12.1 Å². The van der Waals surface area contributed by atoms with E-state index in [0.717, 1.165) is 22.9 Å². The minimum absolute atomic E-state index is 0.0342. The predicted octanol–water partition coefficient (Wildman–Crippen LogP) is 2.98. The third-order valence-corrected chi connectivity index (χ3v) is 4.65. The summed E-state index contributed by atoms with van der Waals surface area (Å²) in [6.07, 6.45) is 1.69. The Balaban J connectivity index is 1.85. The summed E-state index contributed by atoms with van der Waals surface area (Å²) in [5, 5.41) is 12.0. The number of benzene rings is 1. The van der Waals surface area contributed by atoms with Crippen molar-refractivity contribution in [3.05, 3.63) is 35.2 Å². The van der Waals surface area contributed by atoms with E-state index in [1.807, 2.05) is 29.6 Å². The molecular formula is C15H15NO3S. The zero-order valence-corrected chi connectivity index (χ0v) is 11.7. The van der Waals surface area contributed by atoms with Crippen LogP contribution in [0.4, 0.5) is 0 Å². The molecule has 0 radical (unpaired) electrons. The maximum absolute atomic E-state index is 12.5. The Hall–Kier alpha value is -1.88. The number of nitrogens with zero attached hydrogens (tertiary/aromatic N) is 1. The van der Waals surface area contributed by atoms with E-state index in [1.54, 1.807) is 16.2 Å². The largest absolute Gasteiger partial charge is 0.481 e. The lowest BCUT2D eigenvalue weighted by Crippen LogP contribution is -2.36. The number of thiophene rings is 1. The normalized spacial score (nSPS) is 18.6. The van der Waals surface area contributed by atoms with Crippen LogP contribution in [0.1, 0.15) is 29.6 Å². The van der Waals surface area contributed by atoms with Gasteiger partial charge in [-0.2, -0.15) is 0 Å². The van der Waals surface area contributed by atoms with Gasteiger partial charge in [-0.15, -0.1) is 11.3 Å². The highest BCUT2D eigenvalue weighted by molar-refractivity contribution is 7.17. The van der Waals surface area contributed by atoms with E-state index in [9.17, 15) is 9.59 Å². The molecule has 4 nitrogen and oxygen atoms in total. The van der Waals surface area contributed by atoms with E-state index in [4.69, 9.17) is 5.11 Å². The van der Waals surface area contributed by atoms with E-state index >= 15 is 0 Å². The minimum Gasteiger partial charge on any atom is -0.481 e. The van der Waals surface area contributed by atoms with E-state index < -0.39 is 5.97 Å². The highest BCUT2D eigenvalue weighted by Gasteiger charge is 2.30. The van der Waals surface area contributed by atoms with Gasteiger partial charge < -0.3 is 10.0 Å². The fourth-order valence-electron chi connectivity index (χ4n) is 2.78. The first kappa shape index (κ1) is 13.1. The number of fused-ring (bicyclic) bond motifs is 1. The highest BCUT2D eigenvalue weighted by atomic mass is 32.1. The van der Waals surface area contributed by atoms with Gasteiger partial charge in [0.15, 0.2) is 0 Å². The number of hydrogen-bond acceptors (Lipinski definition) is 3. The number of rotatable bonds is 3. The summed E-state index contributed by atoms with van der Waals surface area (Å²) in [7, 11) is 0. The van der Waals surface area contributed by atoms with Crippen molar-refractivity contribution in [3.8, 4) is 0 Å². The van der Waals surface area contributed by atoms with Crippen molar-refractivity contribution in [3.63, 3.8) is 0 Å². The van der Waals surface area contributed by atoms with Crippen molar-refractivity contribution in [2.75, 3.05) is 6.54 Å². The van der Waals surface area contributed by atoms with Crippen LogP contribution >= 0.6 is 11.3 Å². The number of hydrogen-bond donors (Lipinski definition) is 1. The van der Waals surface area contributed by atoms with Crippen LogP contribution in [0.3, 0.4) is 0 Å². The van der Waals surface area contributed by atoms with Crippen molar-refractivity contribution in [2.24, 2.45) is 0 Å². The Labute approximate surface area is 120 Å². The lowest BCUT2D eigenvalue weighted by molar-refractivity contribution is -0.137. The van der Waals surface area contributed by atoms with Gasteiger partial charge in [0.25, 0.3) is 5.91 Å². The van der Waals surface area contributed by atoms with Crippen LogP contribution in [0.2, 0.25) is 0 Å². The lowest BCUT2D eigenvalue weighted by Gasteiger charge is -2.23. The second-order valence-electron chi connectivity index (χ2n) is 5.07. The fraction of sp³-hybridized carbons (Fsp3) is 0.333. The predicted molar refractivity (Wildman–Crippen MR) is 78.1 cm³/mol. The Bertz CT molecular complexity index is 664. The van der Waals surface area contributed by atoms with Crippen LogP contribution in [-0.4, -0.2) is 34.5 Å². The summed E-state index contributed by atoms with van der Waals surface area (Å²) in [6.45, 7) is 0.651. The first-order valence-corrected chi connectivity index (χ1v) is 7.53. The molecule has 2 heterocycles. The van der Waals surface area contributed by atoms with E-state index in [2.05, 4.69) is 0 Å². The van der Waals surface area contributed by atoms with Crippen LogP contribution < -0.4 is 0 Å². The van der Waals surface area contributed by atoms with Gasteiger partial charge in [-0.1, -0.05) is 0 Å². The van der Waals surface area contributed by atoms with Gasteiger partial charge in [0, 0.05) is 22.8 Å². The second-order valence-corrected chi connectivity index (χ2v) is 6.01. The van der Waals surface area contributed by atoms with Gasteiger partial charge in [0.05, 0.1) is 6.42 Å². The van der Waals surface area contributed by atoms with Crippen molar-refractivity contribution in [2.45, 2.75) is 25.3 Å². The minimum atomic E-state index is -0.844. The quantitative estimate of drug-likeness (QED) is 0.945. The third kappa shape index (κ3) is 2.41. The van der Waals surface area contributed by atoms with Gasteiger partial charge in [-0.25, -0.2) is 0 Å². The maximum Gasteiger partial charge on any atom is 0.305 e. The number of aliphatic carboxylic acids is 1. The number of carboxylic acids is 1. The standard InChI is InChI=1S/C15H15NO3S/c17-14(18)9-12-2-1-6-16(12)15(19)11-3-4-13-10(8-11)5-7-20-13/h3-5,7-8,12H,1-2,6,9H2,(H,17,18). The van der Waals surface area contributed by atoms with Crippen molar-refractivity contribution in [1.82, 2.24) is 4.90 Å². The summed E-state index contributed by atoms with van der Waals surface area (Å²) in [5.41, 5.74) is 0.646. The van der Waals surface area contributed by atoms with Crippen LogP contribution in [0, 0.1) is 0 Å².